The fraction of sp³-hybridized carbons (Fsp3) is 0.321. The first-order valence-electron chi connectivity index (χ1n) is 12.3. The van der Waals surface area contributed by atoms with Crippen LogP contribution < -0.4 is 10.6 Å². The van der Waals surface area contributed by atoms with E-state index in [0.717, 1.165) is 12.1 Å². The van der Waals surface area contributed by atoms with Crippen LogP contribution in [0, 0.1) is 5.82 Å². The van der Waals surface area contributed by atoms with Crippen LogP contribution in [0.25, 0.3) is 0 Å². The average Bonchev–Trinajstić information content (AvgIpc) is 3.34. The van der Waals surface area contributed by atoms with Gasteiger partial charge in [-0.05, 0) is 60.7 Å². The summed E-state index contributed by atoms with van der Waals surface area (Å²) in [4.78, 5) is 28.5. The number of amides is 2. The highest BCUT2D eigenvalue weighted by Gasteiger charge is 2.41. The Bertz CT molecular complexity index is 1290. The van der Waals surface area contributed by atoms with Crippen LogP contribution in [-0.2, 0) is 27.7 Å². The van der Waals surface area contributed by atoms with Crippen molar-refractivity contribution in [2.45, 2.75) is 49.5 Å². The largest absolute Gasteiger partial charge is 0.480 e. The van der Waals surface area contributed by atoms with Crippen LogP contribution in [0.5, 0.6) is 0 Å². The predicted octanol–water partition coefficient (Wildman–Crippen LogP) is 5.05. The molecule has 2 unspecified atom stereocenters. The zero-order valence-electron chi connectivity index (χ0n) is 20.7. The highest BCUT2D eigenvalue weighted by molar-refractivity contribution is 5.76. The van der Waals surface area contributed by atoms with Crippen molar-refractivity contribution in [3.05, 3.63) is 101 Å². The third-order valence-electron chi connectivity index (χ3n) is 6.62. The number of benzene rings is 2. The highest BCUT2D eigenvalue weighted by Crippen LogP contribution is 2.37. The van der Waals surface area contributed by atoms with Crippen molar-refractivity contribution in [1.29, 1.82) is 0 Å². The van der Waals surface area contributed by atoms with Crippen LogP contribution >= 0.6 is 0 Å². The fourth-order valence-corrected chi connectivity index (χ4v) is 4.86. The summed E-state index contributed by atoms with van der Waals surface area (Å²) in [7, 11) is 0. The second-order valence-electron chi connectivity index (χ2n) is 9.44. The standard InChI is InChI=1S/C28H27F4N3O4/c29-21-13-19(12-20(14-21)28(30,31)32)27(24-8-4-5-11-33-24,16-18-6-2-1-3-7-18)35-26(38)34-22-9-10-23(15-22)39-17-25(36)37/h1-8,11-14,22-23H,9-10,15-17H2,(H,36,37)(H2,34,35,38)/t22?,23?,27-/m0/s1. The number of nitrogens with one attached hydrogen (secondary N) is 2. The lowest BCUT2D eigenvalue weighted by Crippen LogP contribution is -2.54. The third-order valence-corrected chi connectivity index (χ3v) is 6.62. The van der Waals surface area contributed by atoms with Crippen molar-refractivity contribution >= 4 is 12.0 Å². The van der Waals surface area contributed by atoms with Gasteiger partial charge < -0.3 is 20.5 Å². The lowest BCUT2D eigenvalue weighted by Gasteiger charge is -2.36. The number of carbonyl (C=O) groups is 2. The maximum atomic E-state index is 14.7. The molecule has 206 valence electrons. The van der Waals surface area contributed by atoms with Crippen LogP contribution in [0.4, 0.5) is 22.4 Å². The van der Waals surface area contributed by atoms with E-state index in [9.17, 15) is 27.2 Å². The molecule has 3 atom stereocenters. The molecule has 0 bridgehead atoms. The zero-order valence-corrected chi connectivity index (χ0v) is 20.7. The lowest BCUT2D eigenvalue weighted by molar-refractivity contribution is -0.144. The van der Waals surface area contributed by atoms with Gasteiger partial charge in [-0.1, -0.05) is 36.4 Å². The normalized spacial score (nSPS) is 18.8. The van der Waals surface area contributed by atoms with E-state index in [4.69, 9.17) is 9.84 Å². The smallest absolute Gasteiger partial charge is 0.416 e. The van der Waals surface area contributed by atoms with E-state index in [0.29, 0.717) is 30.9 Å². The molecule has 0 radical (unpaired) electrons. The molecule has 7 nitrogen and oxygen atoms in total. The Morgan fingerprint density at radius 2 is 1.72 bits per heavy atom. The van der Waals surface area contributed by atoms with Gasteiger partial charge >= 0.3 is 18.2 Å². The van der Waals surface area contributed by atoms with Crippen molar-refractivity contribution in [1.82, 2.24) is 15.6 Å². The minimum absolute atomic E-state index is 0.0198. The van der Waals surface area contributed by atoms with Crippen molar-refractivity contribution in [3.8, 4) is 0 Å². The molecular weight excluding hydrogens is 518 g/mol. The molecule has 0 saturated heterocycles. The van der Waals surface area contributed by atoms with E-state index in [2.05, 4.69) is 15.6 Å². The number of ether oxygens (including phenoxy) is 1. The van der Waals surface area contributed by atoms with Crippen LogP contribution in [0.3, 0.4) is 0 Å². The number of urea groups is 1. The molecule has 0 aliphatic heterocycles. The summed E-state index contributed by atoms with van der Waals surface area (Å²) in [6.07, 6.45) is -2.33. The van der Waals surface area contributed by atoms with Gasteiger partial charge in [0.2, 0.25) is 0 Å². The molecule has 1 saturated carbocycles. The number of carboxylic acids is 1. The number of carbonyl (C=O) groups excluding carboxylic acids is 1. The Labute approximate surface area is 222 Å². The monoisotopic (exact) mass is 545 g/mol. The summed E-state index contributed by atoms with van der Waals surface area (Å²) >= 11 is 0. The molecule has 1 aromatic heterocycles. The Hall–Kier alpha value is -3.99. The minimum atomic E-state index is -4.82. The number of hydrogen-bond acceptors (Lipinski definition) is 4. The van der Waals surface area contributed by atoms with E-state index in [1.807, 2.05) is 0 Å². The first-order valence-corrected chi connectivity index (χ1v) is 12.3. The van der Waals surface area contributed by atoms with Crippen molar-refractivity contribution < 1.29 is 37.0 Å². The van der Waals surface area contributed by atoms with E-state index in [1.165, 1.54) is 6.20 Å². The predicted molar refractivity (Wildman–Crippen MR) is 133 cm³/mol. The van der Waals surface area contributed by atoms with Gasteiger partial charge in [-0.15, -0.1) is 0 Å². The number of pyridine rings is 1. The molecule has 0 spiro atoms. The summed E-state index contributed by atoms with van der Waals surface area (Å²) in [6.45, 7) is -0.454. The van der Waals surface area contributed by atoms with Gasteiger partial charge in [0.15, 0.2) is 0 Å². The summed E-state index contributed by atoms with van der Waals surface area (Å²) in [5, 5.41) is 14.5. The molecule has 2 aromatic carbocycles. The van der Waals surface area contributed by atoms with Gasteiger partial charge in [-0.3, -0.25) is 4.98 Å². The van der Waals surface area contributed by atoms with E-state index in [1.54, 1.807) is 48.5 Å². The molecular formula is C28H27F4N3O4. The van der Waals surface area contributed by atoms with Gasteiger partial charge in [0.25, 0.3) is 0 Å². The second kappa shape index (κ2) is 11.8. The number of aromatic nitrogens is 1. The van der Waals surface area contributed by atoms with Crippen molar-refractivity contribution in [3.63, 3.8) is 0 Å². The molecule has 3 aromatic rings. The molecule has 11 heteroatoms. The van der Waals surface area contributed by atoms with Crippen LogP contribution in [0.2, 0.25) is 0 Å². The summed E-state index contributed by atoms with van der Waals surface area (Å²) in [6, 6.07) is 14.7. The quantitative estimate of drug-likeness (QED) is 0.327. The SMILES string of the molecule is O=C(O)COC1CCC(NC(=O)N[C@@](Cc2ccccc2)(c2cc(F)cc(C(F)(F)F)c2)c2ccccn2)C1. The molecule has 3 N–H and O–H groups in total. The van der Waals surface area contributed by atoms with Gasteiger partial charge in [0.1, 0.15) is 18.0 Å². The van der Waals surface area contributed by atoms with Crippen molar-refractivity contribution in [2.75, 3.05) is 6.61 Å². The number of alkyl halides is 3. The molecule has 2 amide bonds. The number of halogens is 4. The minimum Gasteiger partial charge on any atom is -0.480 e. The zero-order chi connectivity index (χ0) is 28.0. The van der Waals surface area contributed by atoms with Crippen LogP contribution in [-0.4, -0.2) is 40.8 Å². The summed E-state index contributed by atoms with van der Waals surface area (Å²) in [5.74, 6) is -2.21. The number of rotatable bonds is 9. The third kappa shape index (κ3) is 7.11. The maximum absolute atomic E-state index is 14.7. The van der Waals surface area contributed by atoms with Gasteiger partial charge in [0, 0.05) is 18.7 Å². The molecule has 4 rings (SSSR count). The van der Waals surface area contributed by atoms with Gasteiger partial charge in [-0.2, -0.15) is 13.2 Å². The number of nitrogens with zero attached hydrogens (tertiary/aromatic N) is 1. The Balaban J connectivity index is 1.72. The first kappa shape index (κ1) is 28.0. The highest BCUT2D eigenvalue weighted by atomic mass is 19.4. The van der Waals surface area contributed by atoms with E-state index < -0.39 is 41.7 Å². The Morgan fingerprint density at radius 1 is 1.00 bits per heavy atom. The number of aliphatic carboxylic acids is 1. The summed E-state index contributed by atoms with van der Waals surface area (Å²) in [5.41, 5.74) is -2.10. The van der Waals surface area contributed by atoms with Gasteiger partial charge in [-0.25, -0.2) is 14.0 Å². The van der Waals surface area contributed by atoms with Crippen molar-refractivity contribution in [2.24, 2.45) is 0 Å². The molecule has 1 aliphatic carbocycles. The van der Waals surface area contributed by atoms with Crippen LogP contribution in [0.1, 0.15) is 41.6 Å². The summed E-state index contributed by atoms with van der Waals surface area (Å²) < 4.78 is 61.2. The molecule has 39 heavy (non-hydrogen) atoms. The van der Waals surface area contributed by atoms with E-state index in [-0.39, 0.29) is 29.8 Å². The van der Waals surface area contributed by atoms with E-state index >= 15 is 0 Å². The van der Waals surface area contributed by atoms with Crippen LogP contribution in [0.15, 0.2) is 72.9 Å². The second-order valence-corrected chi connectivity index (χ2v) is 9.44. The average molecular weight is 546 g/mol. The number of hydrogen-bond donors (Lipinski definition) is 3. The van der Waals surface area contributed by atoms with Gasteiger partial charge in [0.05, 0.1) is 17.4 Å². The lowest BCUT2D eigenvalue weighted by atomic mass is 9.79. The topological polar surface area (TPSA) is 101 Å². The molecule has 1 fully saturated rings. The maximum Gasteiger partial charge on any atom is 0.416 e. The number of carboxylic acid groups (broad SMARTS) is 1. The Morgan fingerprint density at radius 3 is 2.38 bits per heavy atom. The molecule has 1 heterocycles. The fourth-order valence-electron chi connectivity index (χ4n) is 4.86. The molecule has 1 aliphatic rings. The Kier molecular flexibility index (Phi) is 8.49. The first-order chi connectivity index (χ1) is 18.5.